The minimum absolute atomic E-state index is 0.128. The van der Waals surface area contributed by atoms with Gasteiger partial charge in [0.25, 0.3) is 0 Å². The molecule has 0 aromatic carbocycles. The first-order valence-electron chi connectivity index (χ1n) is 10.0. The number of allylic oxidation sites excluding steroid dienone is 1. The zero-order valence-corrected chi connectivity index (χ0v) is 19.7. The molecular weight excluding hydrogens is 433 g/mol. The lowest BCUT2D eigenvalue weighted by Gasteiger charge is -2.22. The van der Waals surface area contributed by atoms with Gasteiger partial charge < -0.3 is 10.6 Å². The van der Waals surface area contributed by atoms with Gasteiger partial charge in [-0.15, -0.1) is 0 Å². The SMILES string of the molecule is CCC(N/C(=C\C#N)Nc1cc(Cl)nc(Cl)c1)c1cc(C(C)C)c2c(C)nn(C)c2n1. The van der Waals surface area contributed by atoms with E-state index in [1.165, 1.54) is 11.6 Å². The lowest BCUT2D eigenvalue weighted by molar-refractivity contribution is 0.566. The molecule has 0 bridgehead atoms. The quantitative estimate of drug-likeness (QED) is 0.353. The second-order valence-corrected chi connectivity index (χ2v) is 8.39. The monoisotopic (exact) mass is 457 g/mol. The van der Waals surface area contributed by atoms with E-state index in [1.54, 1.807) is 12.1 Å². The van der Waals surface area contributed by atoms with Crippen molar-refractivity contribution in [3.05, 3.63) is 57.4 Å². The number of hydrogen-bond donors (Lipinski definition) is 2. The van der Waals surface area contributed by atoms with Gasteiger partial charge in [-0.25, -0.2) is 9.97 Å². The van der Waals surface area contributed by atoms with E-state index in [-0.39, 0.29) is 16.3 Å². The van der Waals surface area contributed by atoms with Crippen molar-refractivity contribution in [1.82, 2.24) is 25.1 Å². The summed E-state index contributed by atoms with van der Waals surface area (Å²) in [6, 6.07) is 7.35. The first-order valence-corrected chi connectivity index (χ1v) is 10.8. The maximum absolute atomic E-state index is 9.28. The van der Waals surface area contributed by atoms with Crippen molar-refractivity contribution in [2.45, 2.75) is 46.1 Å². The highest BCUT2D eigenvalue weighted by Gasteiger charge is 2.20. The van der Waals surface area contributed by atoms with Gasteiger partial charge in [-0.2, -0.15) is 10.4 Å². The molecule has 0 radical (unpaired) electrons. The summed E-state index contributed by atoms with van der Waals surface area (Å²) in [4.78, 5) is 8.85. The predicted octanol–water partition coefficient (Wildman–Crippen LogP) is 5.62. The number of nitrogens with zero attached hydrogens (tertiary/aromatic N) is 5. The van der Waals surface area contributed by atoms with Crippen LogP contribution in [-0.2, 0) is 7.05 Å². The van der Waals surface area contributed by atoms with Crippen LogP contribution in [-0.4, -0.2) is 19.7 Å². The zero-order valence-electron chi connectivity index (χ0n) is 18.2. The number of halogens is 2. The molecule has 162 valence electrons. The number of anilines is 1. The molecule has 0 aliphatic carbocycles. The Morgan fingerprint density at radius 2 is 1.90 bits per heavy atom. The number of aromatic nitrogens is 4. The fraction of sp³-hybridized carbons (Fsp3) is 0.364. The number of pyridine rings is 2. The second kappa shape index (κ2) is 9.54. The summed E-state index contributed by atoms with van der Waals surface area (Å²) in [6.07, 6.45) is 2.16. The first kappa shape index (κ1) is 22.9. The third kappa shape index (κ3) is 5.09. The third-order valence-electron chi connectivity index (χ3n) is 4.99. The molecule has 0 saturated heterocycles. The fourth-order valence-corrected chi connectivity index (χ4v) is 4.04. The van der Waals surface area contributed by atoms with Gasteiger partial charge in [-0.05, 0) is 43.0 Å². The van der Waals surface area contributed by atoms with Crippen LogP contribution >= 0.6 is 23.2 Å². The van der Waals surface area contributed by atoms with Gasteiger partial charge >= 0.3 is 0 Å². The molecule has 3 rings (SSSR count). The van der Waals surface area contributed by atoms with Gasteiger partial charge in [0.05, 0.1) is 29.6 Å². The molecule has 2 N–H and O–H groups in total. The van der Waals surface area contributed by atoms with E-state index in [1.807, 2.05) is 18.7 Å². The van der Waals surface area contributed by atoms with E-state index >= 15 is 0 Å². The van der Waals surface area contributed by atoms with Crippen LogP contribution in [0.5, 0.6) is 0 Å². The molecule has 0 fully saturated rings. The van der Waals surface area contributed by atoms with Crippen molar-refractivity contribution in [3.8, 4) is 6.07 Å². The van der Waals surface area contributed by atoms with Crippen LogP contribution in [0.3, 0.4) is 0 Å². The van der Waals surface area contributed by atoms with E-state index < -0.39 is 0 Å². The van der Waals surface area contributed by atoms with E-state index in [0.29, 0.717) is 17.4 Å². The van der Waals surface area contributed by atoms with E-state index in [4.69, 9.17) is 28.2 Å². The van der Waals surface area contributed by atoms with Crippen LogP contribution < -0.4 is 10.6 Å². The number of nitriles is 1. The van der Waals surface area contributed by atoms with Gasteiger partial charge in [0.1, 0.15) is 16.1 Å². The van der Waals surface area contributed by atoms with Gasteiger partial charge in [0, 0.05) is 18.1 Å². The van der Waals surface area contributed by atoms with Gasteiger partial charge in [-0.1, -0.05) is 44.0 Å². The van der Waals surface area contributed by atoms with Crippen LogP contribution in [0.2, 0.25) is 10.3 Å². The van der Waals surface area contributed by atoms with Crippen LogP contribution in [0.25, 0.3) is 11.0 Å². The average molecular weight is 458 g/mol. The van der Waals surface area contributed by atoms with Gasteiger partial charge in [-0.3, -0.25) is 4.68 Å². The largest absolute Gasteiger partial charge is 0.363 e. The summed E-state index contributed by atoms with van der Waals surface area (Å²) >= 11 is 12.0. The Hall–Kier alpha value is -2.82. The summed E-state index contributed by atoms with van der Waals surface area (Å²) in [6.45, 7) is 8.41. The van der Waals surface area contributed by atoms with Crippen LogP contribution in [0.4, 0.5) is 5.69 Å². The molecule has 0 aliphatic heterocycles. The Bertz CT molecular complexity index is 1150. The number of fused-ring (bicyclic) bond motifs is 1. The molecule has 0 aliphatic rings. The molecule has 0 amide bonds. The Morgan fingerprint density at radius 1 is 1.23 bits per heavy atom. The van der Waals surface area contributed by atoms with E-state index in [2.05, 4.69) is 53.6 Å². The summed E-state index contributed by atoms with van der Waals surface area (Å²) < 4.78 is 1.82. The maximum atomic E-state index is 9.28. The molecular formula is C22H25Cl2N7. The number of hydrogen-bond acceptors (Lipinski definition) is 6. The number of nitrogens with one attached hydrogen (secondary N) is 2. The highest BCUT2D eigenvalue weighted by Crippen LogP contribution is 2.30. The molecule has 3 aromatic heterocycles. The Labute approximate surface area is 192 Å². The standard InChI is InChI=1S/C22H25Cl2N7/c1-6-16(27-20(7-8-25)26-14-9-18(23)29-19(24)10-14)17-11-15(12(2)3)21-13(4)30-31(5)22(21)28-17/h7,9-12,16,27H,6H2,1-5H3,(H,26,29)/b20-7-. The third-order valence-corrected chi connectivity index (χ3v) is 5.37. The molecule has 9 heteroatoms. The van der Waals surface area contributed by atoms with E-state index in [9.17, 15) is 5.26 Å². The number of rotatable bonds is 7. The van der Waals surface area contributed by atoms with Gasteiger partial charge in [0.2, 0.25) is 0 Å². The summed E-state index contributed by atoms with van der Waals surface area (Å²) in [7, 11) is 1.91. The van der Waals surface area contributed by atoms with Crippen LogP contribution in [0.1, 0.15) is 56.1 Å². The van der Waals surface area contributed by atoms with Crippen molar-refractivity contribution in [1.29, 1.82) is 5.26 Å². The van der Waals surface area contributed by atoms with Crippen molar-refractivity contribution in [2.24, 2.45) is 7.05 Å². The maximum Gasteiger partial charge on any atom is 0.158 e. The molecule has 0 spiro atoms. The summed E-state index contributed by atoms with van der Waals surface area (Å²) in [5, 5.41) is 22.0. The highest BCUT2D eigenvalue weighted by atomic mass is 35.5. The van der Waals surface area contributed by atoms with Gasteiger partial charge in [0.15, 0.2) is 5.65 Å². The van der Waals surface area contributed by atoms with Crippen molar-refractivity contribution >= 4 is 39.9 Å². The summed E-state index contributed by atoms with van der Waals surface area (Å²) in [5.74, 6) is 0.833. The minimum Gasteiger partial charge on any atom is -0.363 e. The molecule has 1 atom stereocenters. The normalized spacial score (nSPS) is 12.8. The summed E-state index contributed by atoms with van der Waals surface area (Å²) in [5.41, 5.74) is 4.54. The van der Waals surface area contributed by atoms with Crippen molar-refractivity contribution in [2.75, 3.05) is 5.32 Å². The molecule has 7 nitrogen and oxygen atoms in total. The van der Waals surface area contributed by atoms with E-state index in [0.717, 1.165) is 28.8 Å². The zero-order chi connectivity index (χ0) is 22.7. The molecule has 1 unspecified atom stereocenters. The smallest absolute Gasteiger partial charge is 0.158 e. The fourth-order valence-electron chi connectivity index (χ4n) is 3.58. The van der Waals surface area contributed by atoms with Crippen molar-refractivity contribution in [3.63, 3.8) is 0 Å². The molecule has 0 saturated carbocycles. The first-order chi connectivity index (χ1) is 14.7. The van der Waals surface area contributed by atoms with Crippen molar-refractivity contribution < 1.29 is 0 Å². The van der Waals surface area contributed by atoms with Crippen LogP contribution in [0.15, 0.2) is 30.1 Å². The predicted molar refractivity (Wildman–Crippen MR) is 125 cm³/mol. The van der Waals surface area contributed by atoms with Crippen LogP contribution in [0, 0.1) is 18.3 Å². The Balaban J connectivity index is 1.98. The molecule has 3 heterocycles. The number of aryl methyl sites for hydroxylation is 2. The lowest BCUT2D eigenvalue weighted by atomic mass is 9.97. The average Bonchev–Trinajstić information content (AvgIpc) is 2.98. The molecule has 3 aromatic rings. The second-order valence-electron chi connectivity index (χ2n) is 7.62. The molecule has 31 heavy (non-hydrogen) atoms. The Morgan fingerprint density at radius 3 is 2.48 bits per heavy atom. The Kier molecular flexibility index (Phi) is 7.04. The topological polar surface area (TPSA) is 91.5 Å². The minimum atomic E-state index is -0.128. The highest BCUT2D eigenvalue weighted by molar-refractivity contribution is 6.32. The lowest BCUT2D eigenvalue weighted by Crippen LogP contribution is -2.26.